The minimum Gasteiger partial charge on any atom is -0.330 e. The van der Waals surface area contributed by atoms with Crippen LogP contribution in [-0.2, 0) is 0 Å². The number of hydrogen-bond acceptors (Lipinski definition) is 4. The third-order valence-electron chi connectivity index (χ3n) is 2.45. The van der Waals surface area contributed by atoms with Gasteiger partial charge in [-0.15, -0.1) is 11.3 Å². The zero-order valence-electron chi connectivity index (χ0n) is 8.86. The first-order valence-electron chi connectivity index (χ1n) is 5.10. The second-order valence-electron chi connectivity index (χ2n) is 3.51. The first kappa shape index (κ1) is 11.6. The lowest BCUT2D eigenvalue weighted by Gasteiger charge is -2.16. The van der Waals surface area contributed by atoms with Gasteiger partial charge in [-0.25, -0.2) is 4.98 Å². The van der Waals surface area contributed by atoms with Crippen molar-refractivity contribution in [1.82, 2.24) is 10.3 Å². The number of nitrogens with zero attached hydrogens (tertiary/aromatic N) is 1. The van der Waals surface area contributed by atoms with Crippen molar-refractivity contribution in [2.75, 3.05) is 13.1 Å². The van der Waals surface area contributed by atoms with Crippen molar-refractivity contribution in [2.24, 2.45) is 11.7 Å². The summed E-state index contributed by atoms with van der Waals surface area (Å²) in [5.74, 6) is 0.581. The predicted octanol–water partition coefficient (Wildman–Crippen LogP) is 1.78. The molecule has 1 aromatic heterocycles. The first-order valence-corrected chi connectivity index (χ1v) is 5.98. The van der Waals surface area contributed by atoms with Crippen LogP contribution in [0.25, 0.3) is 0 Å². The van der Waals surface area contributed by atoms with Gasteiger partial charge < -0.3 is 11.1 Å². The molecule has 0 aliphatic rings. The van der Waals surface area contributed by atoms with Crippen molar-refractivity contribution < 1.29 is 0 Å². The van der Waals surface area contributed by atoms with Crippen molar-refractivity contribution in [1.29, 1.82) is 0 Å². The molecule has 3 N–H and O–H groups in total. The number of hydrogen-bond donors (Lipinski definition) is 2. The lowest BCUT2D eigenvalue weighted by Crippen LogP contribution is -2.29. The zero-order valence-corrected chi connectivity index (χ0v) is 9.68. The van der Waals surface area contributed by atoms with E-state index in [4.69, 9.17) is 5.73 Å². The molecule has 4 heteroatoms. The molecule has 0 aromatic carbocycles. The van der Waals surface area contributed by atoms with Gasteiger partial charge in [-0.05, 0) is 25.9 Å². The van der Waals surface area contributed by atoms with Crippen molar-refractivity contribution in [2.45, 2.75) is 26.3 Å². The summed E-state index contributed by atoms with van der Waals surface area (Å²) in [5, 5.41) is 6.61. The van der Waals surface area contributed by atoms with Gasteiger partial charge >= 0.3 is 0 Å². The minimum atomic E-state index is 0.343. The summed E-state index contributed by atoms with van der Waals surface area (Å²) in [7, 11) is 0. The number of aromatic nitrogens is 1. The molecule has 0 fully saturated rings. The summed E-state index contributed by atoms with van der Waals surface area (Å²) in [6, 6.07) is 0.343. The Bertz CT molecular complexity index is 232. The summed E-state index contributed by atoms with van der Waals surface area (Å²) in [4.78, 5) is 4.27. The fraction of sp³-hybridized carbons (Fsp3) is 0.700. The van der Waals surface area contributed by atoms with Gasteiger partial charge in [0.2, 0.25) is 0 Å². The molecule has 14 heavy (non-hydrogen) atoms. The van der Waals surface area contributed by atoms with E-state index in [0.29, 0.717) is 12.0 Å². The highest BCUT2D eigenvalue weighted by Crippen LogP contribution is 2.14. The molecule has 0 saturated heterocycles. The highest BCUT2D eigenvalue weighted by molar-refractivity contribution is 7.09. The van der Waals surface area contributed by atoms with Gasteiger partial charge in [-0.1, -0.05) is 13.3 Å². The molecule has 3 nitrogen and oxygen atoms in total. The fourth-order valence-corrected chi connectivity index (χ4v) is 1.94. The second-order valence-corrected chi connectivity index (χ2v) is 4.44. The number of nitrogens with one attached hydrogen (secondary N) is 1. The van der Waals surface area contributed by atoms with Crippen LogP contribution in [-0.4, -0.2) is 18.1 Å². The lowest BCUT2D eigenvalue weighted by atomic mass is 10.1. The van der Waals surface area contributed by atoms with Gasteiger partial charge in [0.15, 0.2) is 0 Å². The van der Waals surface area contributed by atoms with E-state index < -0.39 is 0 Å². The van der Waals surface area contributed by atoms with Gasteiger partial charge in [0.1, 0.15) is 5.01 Å². The van der Waals surface area contributed by atoms with Crippen molar-refractivity contribution >= 4 is 11.3 Å². The van der Waals surface area contributed by atoms with Crippen LogP contribution in [0.5, 0.6) is 0 Å². The molecule has 1 rings (SSSR count). The molecule has 80 valence electrons. The Kier molecular flexibility index (Phi) is 5.07. The molecule has 0 amide bonds. The third kappa shape index (κ3) is 3.36. The molecule has 1 aromatic rings. The Labute approximate surface area is 89.7 Å². The van der Waals surface area contributed by atoms with Crippen LogP contribution in [0, 0.1) is 5.92 Å². The number of nitrogens with two attached hydrogens (primary N) is 1. The van der Waals surface area contributed by atoms with E-state index in [-0.39, 0.29) is 0 Å². The van der Waals surface area contributed by atoms with Crippen LogP contribution in [0.1, 0.15) is 31.3 Å². The molecule has 0 saturated carbocycles. The number of thiazole rings is 1. The summed E-state index contributed by atoms with van der Waals surface area (Å²) >= 11 is 1.69. The van der Waals surface area contributed by atoms with Crippen LogP contribution in [0.3, 0.4) is 0 Å². The Morgan fingerprint density at radius 1 is 1.64 bits per heavy atom. The smallest absolute Gasteiger partial charge is 0.109 e. The van der Waals surface area contributed by atoms with Gasteiger partial charge in [0.05, 0.1) is 6.04 Å². The van der Waals surface area contributed by atoms with Crippen molar-refractivity contribution in [3.63, 3.8) is 0 Å². The van der Waals surface area contributed by atoms with Crippen LogP contribution in [0.2, 0.25) is 0 Å². The van der Waals surface area contributed by atoms with E-state index in [2.05, 4.69) is 24.1 Å². The van der Waals surface area contributed by atoms with E-state index in [1.54, 1.807) is 11.3 Å². The van der Waals surface area contributed by atoms with Gasteiger partial charge in [-0.2, -0.15) is 0 Å². The predicted molar refractivity (Wildman–Crippen MR) is 61.4 cm³/mol. The van der Waals surface area contributed by atoms with Gasteiger partial charge in [-0.3, -0.25) is 0 Å². The quantitative estimate of drug-likeness (QED) is 0.757. The summed E-state index contributed by atoms with van der Waals surface area (Å²) < 4.78 is 0. The Morgan fingerprint density at radius 3 is 2.93 bits per heavy atom. The van der Waals surface area contributed by atoms with E-state index in [1.165, 1.54) is 0 Å². The summed E-state index contributed by atoms with van der Waals surface area (Å²) in [6.07, 6.45) is 2.98. The Balaban J connectivity index is 2.31. The van der Waals surface area contributed by atoms with E-state index in [9.17, 15) is 0 Å². The maximum absolute atomic E-state index is 5.64. The summed E-state index contributed by atoms with van der Waals surface area (Å²) in [5.41, 5.74) is 5.64. The van der Waals surface area contributed by atoms with E-state index >= 15 is 0 Å². The SMILES string of the molecule is CCC(CN)CNC(C)c1nccs1. The molecule has 0 bridgehead atoms. The standard InChI is InChI=1S/C10H19N3S/c1-3-9(6-11)7-13-8(2)10-12-4-5-14-10/h4-5,8-9,13H,3,6-7,11H2,1-2H3. The van der Waals surface area contributed by atoms with Crippen LogP contribution in [0.4, 0.5) is 0 Å². The largest absolute Gasteiger partial charge is 0.330 e. The van der Waals surface area contributed by atoms with E-state index in [1.807, 2.05) is 11.6 Å². The normalized spacial score (nSPS) is 15.4. The van der Waals surface area contributed by atoms with Crippen LogP contribution >= 0.6 is 11.3 Å². The van der Waals surface area contributed by atoms with E-state index in [0.717, 1.165) is 24.5 Å². The number of rotatable bonds is 6. The monoisotopic (exact) mass is 213 g/mol. The molecule has 0 aliphatic carbocycles. The fourth-order valence-electron chi connectivity index (χ4n) is 1.27. The molecule has 0 radical (unpaired) electrons. The Morgan fingerprint density at radius 2 is 2.43 bits per heavy atom. The van der Waals surface area contributed by atoms with Crippen LogP contribution < -0.4 is 11.1 Å². The molecule has 1 heterocycles. The first-order chi connectivity index (χ1) is 6.77. The second kappa shape index (κ2) is 6.11. The lowest BCUT2D eigenvalue weighted by molar-refractivity contribution is 0.439. The molecular formula is C10H19N3S. The molecule has 0 aliphatic heterocycles. The molecular weight excluding hydrogens is 194 g/mol. The minimum absolute atomic E-state index is 0.343. The van der Waals surface area contributed by atoms with Crippen molar-refractivity contribution in [3.8, 4) is 0 Å². The van der Waals surface area contributed by atoms with Gasteiger partial charge in [0.25, 0.3) is 0 Å². The molecule has 2 unspecified atom stereocenters. The maximum atomic E-state index is 5.64. The van der Waals surface area contributed by atoms with Crippen molar-refractivity contribution in [3.05, 3.63) is 16.6 Å². The molecule has 0 spiro atoms. The zero-order chi connectivity index (χ0) is 10.4. The maximum Gasteiger partial charge on any atom is 0.109 e. The third-order valence-corrected chi connectivity index (χ3v) is 3.40. The Hall–Kier alpha value is -0.450. The highest BCUT2D eigenvalue weighted by atomic mass is 32.1. The highest BCUT2D eigenvalue weighted by Gasteiger charge is 2.09. The van der Waals surface area contributed by atoms with Gasteiger partial charge in [0, 0.05) is 11.6 Å². The average molecular weight is 213 g/mol. The summed E-state index contributed by atoms with van der Waals surface area (Å²) in [6.45, 7) is 6.05. The molecule has 2 atom stereocenters. The topological polar surface area (TPSA) is 50.9 Å². The van der Waals surface area contributed by atoms with Crippen LogP contribution in [0.15, 0.2) is 11.6 Å². The average Bonchev–Trinajstić information content (AvgIpc) is 2.72.